The maximum atomic E-state index is 11.5. The third-order valence-corrected chi connectivity index (χ3v) is 2.01. The van der Waals surface area contributed by atoms with Crippen molar-refractivity contribution in [2.75, 3.05) is 6.54 Å². The van der Waals surface area contributed by atoms with Crippen LogP contribution in [0.1, 0.15) is 17.3 Å². The molecule has 5 heteroatoms. The molecule has 5 nitrogen and oxygen atoms in total. The van der Waals surface area contributed by atoms with Gasteiger partial charge in [-0.2, -0.15) is 5.26 Å². The molecule has 0 radical (unpaired) electrons. The minimum Gasteiger partial charge on any atom is -0.508 e. The molecule has 0 saturated carbocycles. The van der Waals surface area contributed by atoms with E-state index in [0.717, 1.165) is 0 Å². The van der Waals surface area contributed by atoms with Gasteiger partial charge in [0.05, 0.1) is 17.6 Å². The van der Waals surface area contributed by atoms with Crippen molar-refractivity contribution in [2.24, 2.45) is 5.92 Å². The second-order valence-electron chi connectivity index (χ2n) is 3.44. The summed E-state index contributed by atoms with van der Waals surface area (Å²) in [5.74, 6) is -1.13. The molecule has 1 amide bonds. The lowest BCUT2D eigenvalue weighted by Gasteiger charge is -2.07. The van der Waals surface area contributed by atoms with Crippen molar-refractivity contribution in [1.82, 2.24) is 5.32 Å². The van der Waals surface area contributed by atoms with E-state index in [1.165, 1.54) is 18.2 Å². The second kappa shape index (κ2) is 5.03. The number of nitrogens with zero attached hydrogens (tertiary/aromatic N) is 1. The molecule has 0 aliphatic heterocycles. The summed E-state index contributed by atoms with van der Waals surface area (Å²) in [6.45, 7) is 1.87. The Labute approximate surface area is 92.9 Å². The summed E-state index contributed by atoms with van der Waals surface area (Å²) in [6, 6.07) is 5.66. The number of carbonyl (C=O) groups is 1. The monoisotopic (exact) mass is 220 g/mol. The average molecular weight is 220 g/mol. The van der Waals surface area contributed by atoms with Crippen molar-refractivity contribution in [3.05, 3.63) is 23.8 Å². The molecule has 0 aromatic heterocycles. The maximum Gasteiger partial charge on any atom is 0.255 e. The number of hydrogen-bond acceptors (Lipinski definition) is 4. The Kier molecular flexibility index (Phi) is 3.72. The zero-order valence-corrected chi connectivity index (χ0v) is 8.77. The van der Waals surface area contributed by atoms with Crippen LogP contribution in [0.15, 0.2) is 18.2 Å². The minimum atomic E-state index is -0.518. The number of phenolic OH excluding ortho intramolecular Hbond substituents is 2. The van der Waals surface area contributed by atoms with Crippen molar-refractivity contribution in [3.8, 4) is 17.6 Å². The Morgan fingerprint density at radius 1 is 1.56 bits per heavy atom. The number of nitriles is 1. The van der Waals surface area contributed by atoms with Crippen LogP contribution in [0.2, 0.25) is 0 Å². The van der Waals surface area contributed by atoms with Gasteiger partial charge >= 0.3 is 0 Å². The number of rotatable bonds is 3. The summed E-state index contributed by atoms with van der Waals surface area (Å²) in [7, 11) is 0. The lowest BCUT2D eigenvalue weighted by Crippen LogP contribution is -2.27. The molecule has 0 bridgehead atoms. The first-order valence-corrected chi connectivity index (χ1v) is 4.74. The fourth-order valence-corrected chi connectivity index (χ4v) is 1.09. The standard InChI is InChI=1S/C11H12N2O3/c1-7(5-12)6-13-11(16)9-4-8(14)2-3-10(9)15/h2-4,7,14-15H,6H2,1H3,(H,13,16). The van der Waals surface area contributed by atoms with Crippen LogP contribution in [0.4, 0.5) is 0 Å². The number of carbonyl (C=O) groups excluding carboxylic acids is 1. The van der Waals surface area contributed by atoms with Crippen LogP contribution in [0.3, 0.4) is 0 Å². The number of amides is 1. The van der Waals surface area contributed by atoms with Crippen LogP contribution in [-0.2, 0) is 0 Å². The quantitative estimate of drug-likeness (QED) is 0.662. The van der Waals surface area contributed by atoms with Gasteiger partial charge in [0.15, 0.2) is 0 Å². The molecule has 0 spiro atoms. The molecule has 1 atom stereocenters. The van der Waals surface area contributed by atoms with Gasteiger partial charge in [-0.1, -0.05) is 0 Å². The van der Waals surface area contributed by atoms with E-state index in [1.807, 2.05) is 6.07 Å². The Morgan fingerprint density at radius 2 is 2.25 bits per heavy atom. The Hall–Kier alpha value is -2.22. The molecule has 1 aromatic rings. The summed E-state index contributed by atoms with van der Waals surface area (Å²) in [5, 5.41) is 29.6. The molecule has 1 rings (SSSR count). The molecule has 1 unspecified atom stereocenters. The van der Waals surface area contributed by atoms with E-state index in [4.69, 9.17) is 10.4 Å². The smallest absolute Gasteiger partial charge is 0.255 e. The Bertz CT molecular complexity index is 437. The molecular weight excluding hydrogens is 208 g/mol. The van der Waals surface area contributed by atoms with Crippen molar-refractivity contribution in [2.45, 2.75) is 6.92 Å². The molecule has 84 valence electrons. The molecule has 0 aliphatic rings. The highest BCUT2D eigenvalue weighted by atomic mass is 16.3. The maximum absolute atomic E-state index is 11.5. The van der Waals surface area contributed by atoms with E-state index in [0.29, 0.717) is 0 Å². The van der Waals surface area contributed by atoms with Gasteiger partial charge in [-0.15, -0.1) is 0 Å². The van der Waals surface area contributed by atoms with Crippen molar-refractivity contribution in [1.29, 1.82) is 5.26 Å². The fraction of sp³-hybridized carbons (Fsp3) is 0.273. The molecule has 0 aliphatic carbocycles. The molecule has 16 heavy (non-hydrogen) atoms. The van der Waals surface area contributed by atoms with Gasteiger partial charge in [-0.05, 0) is 25.1 Å². The van der Waals surface area contributed by atoms with E-state index in [2.05, 4.69) is 5.32 Å². The molecule has 0 fully saturated rings. The third-order valence-electron chi connectivity index (χ3n) is 2.01. The van der Waals surface area contributed by atoms with Crippen LogP contribution in [0.5, 0.6) is 11.5 Å². The van der Waals surface area contributed by atoms with Crippen molar-refractivity contribution in [3.63, 3.8) is 0 Å². The number of phenols is 2. The highest BCUT2D eigenvalue weighted by Crippen LogP contribution is 2.21. The predicted molar refractivity (Wildman–Crippen MR) is 56.9 cm³/mol. The fourth-order valence-electron chi connectivity index (χ4n) is 1.09. The number of hydrogen-bond donors (Lipinski definition) is 3. The van der Waals surface area contributed by atoms with Crippen LogP contribution in [0, 0.1) is 17.2 Å². The average Bonchev–Trinajstić information content (AvgIpc) is 2.28. The summed E-state index contributed by atoms with van der Waals surface area (Å²) in [5.41, 5.74) is -0.00913. The van der Waals surface area contributed by atoms with Gasteiger partial charge < -0.3 is 15.5 Å². The van der Waals surface area contributed by atoms with Gasteiger partial charge in [0.2, 0.25) is 0 Å². The largest absolute Gasteiger partial charge is 0.508 e. The van der Waals surface area contributed by atoms with E-state index in [1.54, 1.807) is 6.92 Å². The summed E-state index contributed by atoms with van der Waals surface area (Å²) in [6.07, 6.45) is 0. The molecule has 0 saturated heterocycles. The lowest BCUT2D eigenvalue weighted by molar-refractivity contribution is 0.0947. The summed E-state index contributed by atoms with van der Waals surface area (Å²) < 4.78 is 0. The van der Waals surface area contributed by atoms with E-state index < -0.39 is 5.91 Å². The molecule has 1 aromatic carbocycles. The number of aromatic hydroxyl groups is 2. The number of nitrogens with one attached hydrogen (secondary N) is 1. The van der Waals surface area contributed by atoms with Gasteiger partial charge in [0, 0.05) is 6.54 Å². The van der Waals surface area contributed by atoms with Gasteiger partial charge in [-0.3, -0.25) is 4.79 Å². The zero-order chi connectivity index (χ0) is 12.1. The summed E-state index contributed by atoms with van der Waals surface area (Å²) >= 11 is 0. The van der Waals surface area contributed by atoms with Gasteiger partial charge in [-0.25, -0.2) is 0 Å². The van der Waals surface area contributed by atoms with Crippen LogP contribution in [-0.4, -0.2) is 22.7 Å². The van der Waals surface area contributed by atoms with Crippen molar-refractivity contribution < 1.29 is 15.0 Å². The molecular formula is C11H12N2O3. The van der Waals surface area contributed by atoms with Crippen LogP contribution >= 0.6 is 0 Å². The predicted octanol–water partition coefficient (Wildman–Crippen LogP) is 0.987. The Balaban J connectivity index is 2.74. The molecule has 0 heterocycles. The van der Waals surface area contributed by atoms with Crippen LogP contribution in [0.25, 0.3) is 0 Å². The third kappa shape index (κ3) is 2.89. The van der Waals surface area contributed by atoms with E-state index >= 15 is 0 Å². The first kappa shape index (κ1) is 11.9. The summed E-state index contributed by atoms with van der Waals surface area (Å²) in [4.78, 5) is 11.5. The van der Waals surface area contributed by atoms with Crippen molar-refractivity contribution >= 4 is 5.91 Å². The SMILES string of the molecule is CC(C#N)CNC(=O)c1cc(O)ccc1O. The lowest BCUT2D eigenvalue weighted by atomic mass is 10.1. The minimum absolute atomic E-state index is 0.00913. The highest BCUT2D eigenvalue weighted by molar-refractivity contribution is 5.97. The molecule has 3 N–H and O–H groups in total. The van der Waals surface area contributed by atoms with E-state index in [9.17, 15) is 9.90 Å². The normalized spacial score (nSPS) is 11.5. The van der Waals surface area contributed by atoms with Gasteiger partial charge in [0.1, 0.15) is 11.5 Å². The first-order valence-electron chi connectivity index (χ1n) is 4.74. The first-order chi connectivity index (χ1) is 7.54. The highest BCUT2D eigenvalue weighted by Gasteiger charge is 2.12. The van der Waals surface area contributed by atoms with Gasteiger partial charge in [0.25, 0.3) is 5.91 Å². The zero-order valence-electron chi connectivity index (χ0n) is 8.77. The Morgan fingerprint density at radius 3 is 2.88 bits per heavy atom. The van der Waals surface area contributed by atoms with Crippen LogP contribution < -0.4 is 5.32 Å². The second-order valence-corrected chi connectivity index (χ2v) is 3.44. The van der Waals surface area contributed by atoms with E-state index in [-0.39, 0.29) is 29.5 Å². The topological polar surface area (TPSA) is 93.4 Å². The number of benzene rings is 1.